The van der Waals surface area contributed by atoms with Crippen molar-refractivity contribution in [2.24, 2.45) is 5.84 Å². The fourth-order valence-electron chi connectivity index (χ4n) is 1.41. The average Bonchev–Trinajstić information content (AvgIpc) is 2.60. The van der Waals surface area contributed by atoms with Crippen LogP contribution in [0, 0.1) is 6.92 Å². The van der Waals surface area contributed by atoms with Crippen LogP contribution in [0.25, 0.3) is 0 Å². The first-order valence-corrected chi connectivity index (χ1v) is 5.73. The van der Waals surface area contributed by atoms with Gasteiger partial charge in [-0.05, 0) is 38.3 Å². The predicted molar refractivity (Wildman–Crippen MR) is 63.2 cm³/mol. The van der Waals surface area contributed by atoms with Gasteiger partial charge in [0.1, 0.15) is 0 Å². The van der Waals surface area contributed by atoms with Crippen molar-refractivity contribution in [3.8, 4) is 0 Å². The summed E-state index contributed by atoms with van der Waals surface area (Å²) in [5.74, 6) is 5.53. The summed E-state index contributed by atoms with van der Waals surface area (Å²) in [6.07, 6.45) is 5.22. The van der Waals surface area contributed by atoms with Gasteiger partial charge in [-0.25, -0.2) is 0 Å². The molecule has 0 amide bonds. The summed E-state index contributed by atoms with van der Waals surface area (Å²) in [6.45, 7) is 5.83. The second-order valence-electron chi connectivity index (χ2n) is 3.39. The molecule has 0 radical (unpaired) electrons. The van der Waals surface area contributed by atoms with E-state index in [4.69, 9.17) is 5.84 Å². The van der Waals surface area contributed by atoms with Crippen molar-refractivity contribution in [3.63, 3.8) is 0 Å². The maximum atomic E-state index is 5.53. The minimum atomic E-state index is 0.300. The van der Waals surface area contributed by atoms with E-state index in [-0.39, 0.29) is 0 Å². The third kappa shape index (κ3) is 3.25. The number of hydrogen-bond donors (Lipinski definition) is 2. The largest absolute Gasteiger partial charge is 0.271 e. The summed E-state index contributed by atoms with van der Waals surface area (Å²) in [5, 5.41) is 0. The Morgan fingerprint density at radius 3 is 2.93 bits per heavy atom. The number of thiophene rings is 1. The molecule has 14 heavy (non-hydrogen) atoms. The van der Waals surface area contributed by atoms with E-state index in [1.54, 1.807) is 0 Å². The standard InChI is InChI=1S/C11H18N2S/c1-3-4-5-6-10(13-12)11-8-7-9(2)14-11/h3,7-8,10,13H,1,4-6,12H2,2H3. The molecule has 1 heterocycles. The lowest BCUT2D eigenvalue weighted by Crippen LogP contribution is -2.27. The molecule has 0 aliphatic rings. The Morgan fingerprint density at radius 2 is 2.43 bits per heavy atom. The molecule has 3 N–H and O–H groups in total. The van der Waals surface area contributed by atoms with Crippen LogP contribution in [-0.2, 0) is 0 Å². The number of rotatable bonds is 6. The van der Waals surface area contributed by atoms with Crippen LogP contribution in [0.2, 0.25) is 0 Å². The van der Waals surface area contributed by atoms with Crippen molar-refractivity contribution < 1.29 is 0 Å². The Bertz CT molecular complexity index is 281. The summed E-state index contributed by atoms with van der Waals surface area (Å²) < 4.78 is 0. The molecule has 0 spiro atoms. The minimum Gasteiger partial charge on any atom is -0.271 e. The normalized spacial score (nSPS) is 12.7. The van der Waals surface area contributed by atoms with E-state index in [0.717, 1.165) is 19.3 Å². The van der Waals surface area contributed by atoms with Gasteiger partial charge in [-0.2, -0.15) is 0 Å². The first kappa shape index (κ1) is 11.4. The first-order valence-electron chi connectivity index (χ1n) is 4.91. The lowest BCUT2D eigenvalue weighted by atomic mass is 10.1. The number of unbranched alkanes of at least 4 members (excludes halogenated alkanes) is 1. The highest BCUT2D eigenvalue weighted by Crippen LogP contribution is 2.25. The molecule has 78 valence electrons. The van der Waals surface area contributed by atoms with Crippen molar-refractivity contribution in [3.05, 3.63) is 34.5 Å². The lowest BCUT2D eigenvalue weighted by molar-refractivity contribution is 0.508. The van der Waals surface area contributed by atoms with Crippen molar-refractivity contribution in [2.45, 2.75) is 32.2 Å². The molecule has 3 heteroatoms. The van der Waals surface area contributed by atoms with E-state index in [1.165, 1.54) is 9.75 Å². The van der Waals surface area contributed by atoms with Gasteiger partial charge in [-0.3, -0.25) is 11.3 Å². The van der Waals surface area contributed by atoms with Crippen LogP contribution in [0.15, 0.2) is 24.8 Å². The van der Waals surface area contributed by atoms with Gasteiger partial charge < -0.3 is 0 Å². The van der Waals surface area contributed by atoms with Crippen molar-refractivity contribution in [1.82, 2.24) is 5.43 Å². The quantitative estimate of drug-likeness (QED) is 0.328. The van der Waals surface area contributed by atoms with Crippen LogP contribution in [0.3, 0.4) is 0 Å². The number of hydrogen-bond acceptors (Lipinski definition) is 3. The maximum absolute atomic E-state index is 5.53. The molecule has 1 aromatic rings. The van der Waals surface area contributed by atoms with Gasteiger partial charge in [0.15, 0.2) is 0 Å². The summed E-state index contributed by atoms with van der Waals surface area (Å²) in [6, 6.07) is 4.59. The number of aryl methyl sites for hydroxylation is 1. The Kier molecular flexibility index (Phi) is 4.87. The van der Waals surface area contributed by atoms with Crippen LogP contribution in [-0.4, -0.2) is 0 Å². The molecule has 0 aromatic carbocycles. The number of hydrazine groups is 1. The topological polar surface area (TPSA) is 38.0 Å². The smallest absolute Gasteiger partial charge is 0.0553 e. The number of nitrogens with one attached hydrogen (secondary N) is 1. The molecule has 1 unspecified atom stereocenters. The SMILES string of the molecule is C=CCCCC(NN)c1ccc(C)s1. The molecule has 1 rings (SSSR count). The van der Waals surface area contributed by atoms with Crippen LogP contribution >= 0.6 is 11.3 Å². The van der Waals surface area contributed by atoms with Crippen molar-refractivity contribution in [2.75, 3.05) is 0 Å². The second kappa shape index (κ2) is 5.96. The van der Waals surface area contributed by atoms with E-state index in [9.17, 15) is 0 Å². The molecule has 0 fully saturated rings. The fourth-order valence-corrected chi connectivity index (χ4v) is 2.39. The molecular formula is C11H18N2S. The number of allylic oxidation sites excluding steroid dienone is 1. The van der Waals surface area contributed by atoms with E-state index in [1.807, 2.05) is 17.4 Å². The van der Waals surface area contributed by atoms with Crippen molar-refractivity contribution in [1.29, 1.82) is 0 Å². The molecule has 0 aliphatic carbocycles. The summed E-state index contributed by atoms with van der Waals surface area (Å²) >= 11 is 1.81. The summed E-state index contributed by atoms with van der Waals surface area (Å²) in [5.41, 5.74) is 2.87. The molecule has 0 saturated heterocycles. The van der Waals surface area contributed by atoms with Crippen LogP contribution in [0.4, 0.5) is 0 Å². The number of nitrogens with two attached hydrogens (primary N) is 1. The predicted octanol–water partition coefficient (Wildman–Crippen LogP) is 2.92. The molecule has 0 aliphatic heterocycles. The molecule has 1 atom stereocenters. The minimum absolute atomic E-state index is 0.300. The van der Waals surface area contributed by atoms with Gasteiger partial charge in [0.25, 0.3) is 0 Å². The maximum Gasteiger partial charge on any atom is 0.0553 e. The second-order valence-corrected chi connectivity index (χ2v) is 4.71. The Hall–Kier alpha value is -0.640. The van der Waals surface area contributed by atoms with Gasteiger partial charge in [-0.15, -0.1) is 17.9 Å². The summed E-state index contributed by atoms with van der Waals surface area (Å²) in [7, 11) is 0. The van der Waals surface area contributed by atoms with Crippen LogP contribution in [0.5, 0.6) is 0 Å². The zero-order chi connectivity index (χ0) is 10.4. The molecule has 0 saturated carbocycles. The summed E-state index contributed by atoms with van der Waals surface area (Å²) in [4.78, 5) is 2.66. The Labute approximate surface area is 89.8 Å². The molecule has 0 bridgehead atoms. The van der Waals surface area contributed by atoms with Gasteiger partial charge >= 0.3 is 0 Å². The third-order valence-electron chi connectivity index (χ3n) is 2.21. The Morgan fingerprint density at radius 1 is 1.64 bits per heavy atom. The van der Waals surface area contributed by atoms with Gasteiger partial charge in [-0.1, -0.05) is 6.08 Å². The first-order chi connectivity index (χ1) is 6.77. The van der Waals surface area contributed by atoms with E-state index in [2.05, 4.69) is 31.1 Å². The van der Waals surface area contributed by atoms with Gasteiger partial charge in [0, 0.05) is 9.75 Å². The Balaban J connectivity index is 2.49. The highest BCUT2D eigenvalue weighted by Gasteiger charge is 2.10. The zero-order valence-electron chi connectivity index (χ0n) is 8.62. The molecular weight excluding hydrogens is 192 g/mol. The monoisotopic (exact) mass is 210 g/mol. The van der Waals surface area contributed by atoms with E-state index >= 15 is 0 Å². The molecule has 1 aromatic heterocycles. The van der Waals surface area contributed by atoms with Gasteiger partial charge in [0.05, 0.1) is 6.04 Å². The highest BCUT2D eigenvalue weighted by molar-refractivity contribution is 7.12. The average molecular weight is 210 g/mol. The van der Waals surface area contributed by atoms with E-state index < -0.39 is 0 Å². The fraction of sp³-hybridized carbons (Fsp3) is 0.455. The van der Waals surface area contributed by atoms with E-state index in [0.29, 0.717) is 6.04 Å². The highest BCUT2D eigenvalue weighted by atomic mass is 32.1. The third-order valence-corrected chi connectivity index (χ3v) is 3.32. The molecule has 2 nitrogen and oxygen atoms in total. The lowest BCUT2D eigenvalue weighted by Gasteiger charge is -2.13. The zero-order valence-corrected chi connectivity index (χ0v) is 9.44. The van der Waals surface area contributed by atoms with Crippen LogP contribution in [0.1, 0.15) is 35.1 Å². The van der Waals surface area contributed by atoms with Crippen LogP contribution < -0.4 is 11.3 Å². The van der Waals surface area contributed by atoms with Crippen molar-refractivity contribution >= 4 is 11.3 Å². The van der Waals surface area contributed by atoms with Gasteiger partial charge in [0.2, 0.25) is 0 Å².